The molecule has 0 fully saturated rings. The first-order chi connectivity index (χ1) is 9.24. The van der Waals surface area contributed by atoms with Crippen LogP contribution < -0.4 is 0 Å². The number of rotatable bonds is 3. The molecule has 19 heavy (non-hydrogen) atoms. The second-order valence-electron chi connectivity index (χ2n) is 4.54. The van der Waals surface area contributed by atoms with Gasteiger partial charge in [-0.25, -0.2) is 4.79 Å². The number of fused-ring (bicyclic) bond motifs is 1. The first-order valence-corrected chi connectivity index (χ1v) is 6.06. The second-order valence-corrected chi connectivity index (χ2v) is 4.54. The van der Waals surface area contributed by atoms with Gasteiger partial charge in [-0.15, -0.1) is 0 Å². The van der Waals surface area contributed by atoms with Crippen LogP contribution in [0, 0.1) is 0 Å². The van der Waals surface area contributed by atoms with Crippen molar-refractivity contribution in [1.82, 2.24) is 15.0 Å². The summed E-state index contributed by atoms with van der Waals surface area (Å²) in [6.45, 7) is 2.09. The lowest BCUT2D eigenvalue weighted by atomic mass is 9.94. The van der Waals surface area contributed by atoms with Crippen molar-refractivity contribution < 1.29 is 14.4 Å². The summed E-state index contributed by atoms with van der Waals surface area (Å²) in [6.07, 6.45) is 2.11. The summed E-state index contributed by atoms with van der Waals surface area (Å²) < 4.78 is 4.99. The number of carboxylic acids is 1. The maximum Gasteiger partial charge on any atom is 0.335 e. The van der Waals surface area contributed by atoms with E-state index in [1.165, 1.54) is 6.33 Å². The molecule has 3 rings (SSSR count). The van der Waals surface area contributed by atoms with Crippen LogP contribution in [-0.2, 0) is 19.5 Å². The number of hydrogen-bond donors (Lipinski definition) is 1. The van der Waals surface area contributed by atoms with E-state index >= 15 is 0 Å². The van der Waals surface area contributed by atoms with E-state index in [-0.39, 0.29) is 0 Å². The molecule has 1 aliphatic heterocycles. The zero-order valence-electron chi connectivity index (χ0n) is 10.2. The summed E-state index contributed by atoms with van der Waals surface area (Å²) >= 11 is 0. The molecule has 0 aliphatic carbocycles. The van der Waals surface area contributed by atoms with Crippen molar-refractivity contribution in [3.8, 4) is 0 Å². The van der Waals surface area contributed by atoms with Gasteiger partial charge >= 0.3 is 5.97 Å². The van der Waals surface area contributed by atoms with Crippen molar-refractivity contribution in [2.24, 2.45) is 0 Å². The van der Waals surface area contributed by atoms with E-state index in [2.05, 4.69) is 15.0 Å². The molecule has 0 spiro atoms. The molecule has 0 saturated heterocycles. The smallest absolute Gasteiger partial charge is 0.335 e. The van der Waals surface area contributed by atoms with Gasteiger partial charge in [-0.05, 0) is 23.6 Å². The van der Waals surface area contributed by atoms with Crippen LogP contribution in [0.1, 0.15) is 27.4 Å². The lowest BCUT2D eigenvalue weighted by Crippen LogP contribution is -2.31. The first-order valence-electron chi connectivity index (χ1n) is 6.06. The molecule has 6 nitrogen and oxygen atoms in total. The minimum absolute atomic E-state index is 0.412. The largest absolute Gasteiger partial charge is 0.478 e. The van der Waals surface area contributed by atoms with Crippen LogP contribution in [0.3, 0.4) is 0 Å². The Morgan fingerprint density at radius 2 is 2.37 bits per heavy atom. The lowest BCUT2D eigenvalue weighted by molar-refractivity contribution is 0.0694. The molecule has 6 heteroatoms. The molecule has 0 atom stereocenters. The predicted molar refractivity (Wildman–Crippen MR) is 65.5 cm³/mol. The van der Waals surface area contributed by atoms with Gasteiger partial charge in [0.05, 0.1) is 12.1 Å². The summed E-state index contributed by atoms with van der Waals surface area (Å²) in [5.74, 6) is -0.278. The van der Waals surface area contributed by atoms with Gasteiger partial charge in [-0.3, -0.25) is 4.90 Å². The van der Waals surface area contributed by atoms with Gasteiger partial charge < -0.3 is 9.63 Å². The molecule has 1 aliphatic rings. The molecular formula is C13H13N3O3. The SMILES string of the molecule is O=C(O)c1cccc2c1CCN(Cc1ncno1)C2. The minimum atomic E-state index is -0.859. The summed E-state index contributed by atoms with van der Waals surface area (Å²) in [5.41, 5.74) is 2.41. The topological polar surface area (TPSA) is 79.5 Å². The van der Waals surface area contributed by atoms with Crippen LogP contribution in [0.2, 0.25) is 0 Å². The number of aromatic nitrogens is 2. The van der Waals surface area contributed by atoms with Gasteiger partial charge in [0, 0.05) is 13.1 Å². The maximum absolute atomic E-state index is 11.2. The Balaban J connectivity index is 1.81. The van der Waals surface area contributed by atoms with E-state index in [4.69, 9.17) is 9.63 Å². The van der Waals surface area contributed by atoms with Crippen molar-refractivity contribution in [2.75, 3.05) is 6.54 Å². The van der Waals surface area contributed by atoms with Gasteiger partial charge in [-0.1, -0.05) is 17.3 Å². The van der Waals surface area contributed by atoms with Crippen molar-refractivity contribution in [3.63, 3.8) is 0 Å². The van der Waals surface area contributed by atoms with E-state index in [0.717, 1.165) is 24.1 Å². The first kappa shape index (κ1) is 11.9. The molecule has 0 saturated carbocycles. The van der Waals surface area contributed by atoms with Crippen LogP contribution in [-0.4, -0.2) is 32.7 Å². The Bertz CT molecular complexity index is 595. The number of aromatic carboxylic acids is 1. The quantitative estimate of drug-likeness (QED) is 0.895. The van der Waals surface area contributed by atoms with E-state index < -0.39 is 5.97 Å². The van der Waals surface area contributed by atoms with Crippen molar-refractivity contribution >= 4 is 5.97 Å². The highest BCUT2D eigenvalue weighted by atomic mass is 16.5. The predicted octanol–water partition coefficient (Wildman–Crippen LogP) is 1.33. The summed E-state index contributed by atoms with van der Waals surface area (Å²) in [5, 5.41) is 12.7. The van der Waals surface area contributed by atoms with Gasteiger partial charge in [0.25, 0.3) is 0 Å². The van der Waals surface area contributed by atoms with Gasteiger partial charge in [0.2, 0.25) is 5.89 Å². The van der Waals surface area contributed by atoms with E-state index in [1.54, 1.807) is 12.1 Å². The Morgan fingerprint density at radius 1 is 1.47 bits per heavy atom. The van der Waals surface area contributed by atoms with E-state index in [9.17, 15) is 4.79 Å². The molecular weight excluding hydrogens is 246 g/mol. The summed E-state index contributed by atoms with van der Waals surface area (Å²) in [7, 11) is 0. The van der Waals surface area contributed by atoms with Crippen LogP contribution in [0.25, 0.3) is 0 Å². The Hall–Kier alpha value is -2.21. The third-order valence-electron chi connectivity index (χ3n) is 3.34. The monoisotopic (exact) mass is 259 g/mol. The number of hydrogen-bond acceptors (Lipinski definition) is 5. The molecule has 1 aromatic carbocycles. The molecule has 98 valence electrons. The van der Waals surface area contributed by atoms with E-state index in [0.29, 0.717) is 24.5 Å². The average molecular weight is 259 g/mol. The molecule has 0 bridgehead atoms. The number of carboxylic acid groups (broad SMARTS) is 1. The maximum atomic E-state index is 11.2. The zero-order chi connectivity index (χ0) is 13.2. The Kier molecular flexibility index (Phi) is 3.00. The summed E-state index contributed by atoms with van der Waals surface area (Å²) in [4.78, 5) is 17.3. The molecule has 1 aromatic heterocycles. The van der Waals surface area contributed by atoms with Gasteiger partial charge in [-0.2, -0.15) is 4.98 Å². The molecule has 0 amide bonds. The Morgan fingerprint density at radius 3 is 3.11 bits per heavy atom. The van der Waals surface area contributed by atoms with Crippen LogP contribution in [0.15, 0.2) is 29.0 Å². The molecule has 2 aromatic rings. The lowest BCUT2D eigenvalue weighted by Gasteiger charge is -2.28. The van der Waals surface area contributed by atoms with E-state index in [1.807, 2.05) is 6.07 Å². The molecule has 0 unspecified atom stereocenters. The average Bonchev–Trinajstić information content (AvgIpc) is 2.90. The molecule has 0 radical (unpaired) electrons. The fourth-order valence-electron chi connectivity index (χ4n) is 2.46. The van der Waals surface area contributed by atoms with Crippen LogP contribution in [0.4, 0.5) is 0 Å². The fourth-order valence-corrected chi connectivity index (χ4v) is 2.46. The standard InChI is InChI=1S/C13H13N3O3/c17-13(18)11-3-1-2-9-6-16(5-4-10(9)11)7-12-14-8-15-19-12/h1-3,8H,4-7H2,(H,17,18). The minimum Gasteiger partial charge on any atom is -0.478 e. The van der Waals surface area contributed by atoms with Crippen molar-refractivity contribution in [1.29, 1.82) is 0 Å². The molecule has 1 N–H and O–H groups in total. The summed E-state index contributed by atoms with van der Waals surface area (Å²) in [6, 6.07) is 5.43. The highest BCUT2D eigenvalue weighted by Gasteiger charge is 2.22. The fraction of sp³-hybridized carbons (Fsp3) is 0.308. The number of nitrogens with zero attached hydrogens (tertiary/aromatic N) is 3. The van der Waals surface area contributed by atoms with Crippen LogP contribution >= 0.6 is 0 Å². The third kappa shape index (κ3) is 2.34. The van der Waals surface area contributed by atoms with Gasteiger partial charge in [0.15, 0.2) is 6.33 Å². The normalized spacial score (nSPS) is 15.2. The number of carbonyl (C=O) groups is 1. The van der Waals surface area contributed by atoms with Crippen molar-refractivity contribution in [2.45, 2.75) is 19.5 Å². The molecule has 2 heterocycles. The zero-order valence-corrected chi connectivity index (χ0v) is 10.2. The second kappa shape index (κ2) is 4.81. The van der Waals surface area contributed by atoms with Crippen LogP contribution in [0.5, 0.6) is 0 Å². The number of benzene rings is 1. The highest BCUT2D eigenvalue weighted by molar-refractivity contribution is 5.89. The Labute approximate surface area is 109 Å². The third-order valence-corrected chi connectivity index (χ3v) is 3.34. The van der Waals surface area contributed by atoms with Gasteiger partial charge in [0.1, 0.15) is 0 Å². The van der Waals surface area contributed by atoms with Crippen molar-refractivity contribution in [3.05, 3.63) is 47.1 Å². The highest BCUT2D eigenvalue weighted by Crippen LogP contribution is 2.23.